The van der Waals surface area contributed by atoms with Crippen molar-refractivity contribution in [1.82, 2.24) is 9.88 Å². The highest BCUT2D eigenvalue weighted by molar-refractivity contribution is 8.05. The monoisotopic (exact) mass is 320 g/mol. The molecule has 2 aromatic rings. The second-order valence-corrected chi connectivity index (χ2v) is 6.14. The average molecular weight is 320 g/mol. The van der Waals surface area contributed by atoms with Crippen LogP contribution >= 0.6 is 11.8 Å². The highest BCUT2D eigenvalue weighted by Crippen LogP contribution is 2.32. The molecule has 1 N–H and O–H groups in total. The molecule has 22 heavy (non-hydrogen) atoms. The van der Waals surface area contributed by atoms with Gasteiger partial charge in [0.15, 0.2) is 11.6 Å². The van der Waals surface area contributed by atoms with Gasteiger partial charge in [-0.15, -0.1) is 11.8 Å². The summed E-state index contributed by atoms with van der Waals surface area (Å²) in [4.78, 5) is 1.02. The summed E-state index contributed by atoms with van der Waals surface area (Å²) in [7, 11) is 3.46. The van der Waals surface area contributed by atoms with E-state index < -0.39 is 0 Å². The van der Waals surface area contributed by atoms with Gasteiger partial charge in [0.2, 0.25) is 0 Å². The van der Waals surface area contributed by atoms with E-state index in [-0.39, 0.29) is 5.82 Å². The lowest BCUT2D eigenvalue weighted by atomic mass is 10.1. The second-order valence-electron chi connectivity index (χ2n) is 4.99. The molecule has 0 bridgehead atoms. The number of nitrogens with zero attached hydrogens (tertiary/aromatic N) is 1. The number of aromatic nitrogens is 1. The summed E-state index contributed by atoms with van der Waals surface area (Å²) in [6.07, 6.45) is 2.82. The van der Waals surface area contributed by atoms with Gasteiger partial charge in [-0.1, -0.05) is 13.2 Å². The van der Waals surface area contributed by atoms with Crippen molar-refractivity contribution < 1.29 is 9.13 Å². The van der Waals surface area contributed by atoms with Crippen LogP contribution in [0.1, 0.15) is 5.56 Å². The molecule has 1 heterocycles. The molecule has 0 radical (unpaired) electrons. The third kappa shape index (κ3) is 3.54. The number of ether oxygens (including phenoxy) is 1. The Hall–Kier alpha value is -1.72. The van der Waals surface area contributed by atoms with E-state index >= 15 is 0 Å². The summed E-state index contributed by atoms with van der Waals surface area (Å²) < 4.78 is 21.2. The van der Waals surface area contributed by atoms with Gasteiger partial charge in [-0.2, -0.15) is 0 Å². The maximum absolute atomic E-state index is 13.9. The third-order valence-electron chi connectivity index (χ3n) is 3.49. The van der Waals surface area contributed by atoms with Gasteiger partial charge >= 0.3 is 0 Å². The van der Waals surface area contributed by atoms with Crippen molar-refractivity contribution in [2.45, 2.75) is 6.42 Å². The first-order valence-corrected chi connectivity index (χ1v) is 7.93. The molecular weight excluding hydrogens is 299 g/mol. The zero-order valence-corrected chi connectivity index (χ0v) is 13.8. The largest absolute Gasteiger partial charge is 0.493 e. The Kier molecular flexibility index (Phi) is 5.69. The molecule has 1 aromatic heterocycles. The van der Waals surface area contributed by atoms with Gasteiger partial charge < -0.3 is 14.6 Å². The predicted molar refractivity (Wildman–Crippen MR) is 92.9 cm³/mol. The molecule has 1 aromatic carbocycles. The Morgan fingerprint density at radius 1 is 1.50 bits per heavy atom. The van der Waals surface area contributed by atoms with E-state index in [1.54, 1.807) is 11.5 Å². The van der Waals surface area contributed by atoms with Crippen LogP contribution in [0.2, 0.25) is 0 Å². The van der Waals surface area contributed by atoms with Crippen LogP contribution in [0.25, 0.3) is 10.9 Å². The topological polar surface area (TPSA) is 26.2 Å². The first-order valence-electron chi connectivity index (χ1n) is 7.05. The Balaban J connectivity index is 2.13. The van der Waals surface area contributed by atoms with Crippen molar-refractivity contribution in [3.63, 3.8) is 0 Å². The van der Waals surface area contributed by atoms with Crippen LogP contribution in [0.4, 0.5) is 4.39 Å². The van der Waals surface area contributed by atoms with Crippen molar-refractivity contribution in [1.29, 1.82) is 0 Å². The molecule has 0 unspecified atom stereocenters. The summed E-state index contributed by atoms with van der Waals surface area (Å²) >= 11 is 1.53. The number of rotatable bonds is 8. The molecule has 118 valence electrons. The molecule has 0 fully saturated rings. The summed E-state index contributed by atoms with van der Waals surface area (Å²) in [6.45, 7) is 9.12. The second kappa shape index (κ2) is 7.51. The van der Waals surface area contributed by atoms with Crippen LogP contribution in [0.3, 0.4) is 0 Å². The number of halogens is 1. The van der Waals surface area contributed by atoms with Gasteiger partial charge in [-0.05, 0) is 41.0 Å². The fraction of sp³-hybridized carbons (Fsp3) is 0.294. The van der Waals surface area contributed by atoms with Crippen LogP contribution in [0.15, 0.2) is 41.8 Å². The normalized spacial score (nSPS) is 10.9. The molecule has 0 saturated carbocycles. The van der Waals surface area contributed by atoms with Gasteiger partial charge in [0, 0.05) is 25.2 Å². The van der Waals surface area contributed by atoms with Gasteiger partial charge in [0.1, 0.15) is 0 Å². The van der Waals surface area contributed by atoms with E-state index in [1.807, 2.05) is 17.8 Å². The van der Waals surface area contributed by atoms with E-state index in [2.05, 4.69) is 18.5 Å². The fourth-order valence-corrected chi connectivity index (χ4v) is 2.94. The van der Waals surface area contributed by atoms with Gasteiger partial charge in [0.25, 0.3) is 0 Å². The number of hydrogen-bond acceptors (Lipinski definition) is 3. The molecule has 0 aliphatic carbocycles. The number of thioether (sulfide) groups is 1. The van der Waals surface area contributed by atoms with Crippen LogP contribution in [0.5, 0.6) is 5.75 Å². The van der Waals surface area contributed by atoms with Gasteiger partial charge in [-0.25, -0.2) is 4.39 Å². The minimum absolute atomic E-state index is 0.319. The molecular formula is C17H21FN2OS. The first kappa shape index (κ1) is 16.6. The highest BCUT2D eigenvalue weighted by atomic mass is 32.2. The lowest BCUT2D eigenvalue weighted by molar-refractivity contribution is 0.391. The number of hydrogen-bond donors (Lipinski definition) is 1. The molecule has 0 atom stereocenters. The minimum atomic E-state index is -0.328. The van der Waals surface area contributed by atoms with E-state index in [0.717, 1.165) is 40.9 Å². The summed E-state index contributed by atoms with van der Waals surface area (Å²) in [5, 5.41) is 5.95. The standard InChI is InChI=1S/C17H21FN2OS/c1-5-22-12(2)10-19-9-8-13-11-20(3)15-7-6-14(18)17(21-4)16(13)15/h5-7,11,19H,1-2,8-10H2,3-4H3. The molecule has 3 nitrogen and oxygen atoms in total. The van der Waals surface area contributed by atoms with Crippen molar-refractivity contribution in [2.24, 2.45) is 7.05 Å². The quantitative estimate of drug-likeness (QED) is 0.748. The highest BCUT2D eigenvalue weighted by Gasteiger charge is 2.15. The van der Waals surface area contributed by atoms with E-state index in [9.17, 15) is 4.39 Å². The van der Waals surface area contributed by atoms with Crippen LogP contribution < -0.4 is 10.1 Å². The summed E-state index contributed by atoms with van der Waals surface area (Å²) in [5.74, 6) is -0.00843. The molecule has 0 spiro atoms. The molecule has 0 aliphatic rings. The number of aryl methyl sites for hydroxylation is 1. The number of benzene rings is 1. The Morgan fingerprint density at radius 2 is 2.27 bits per heavy atom. The van der Waals surface area contributed by atoms with Crippen molar-refractivity contribution in [3.8, 4) is 5.75 Å². The number of nitrogens with one attached hydrogen (secondary N) is 1. The molecule has 5 heteroatoms. The third-order valence-corrected chi connectivity index (χ3v) is 4.13. The summed E-state index contributed by atoms with van der Waals surface area (Å²) in [6, 6.07) is 3.23. The zero-order chi connectivity index (χ0) is 16.1. The van der Waals surface area contributed by atoms with Crippen molar-refractivity contribution in [2.75, 3.05) is 20.2 Å². The molecule has 0 saturated heterocycles. The maximum atomic E-state index is 13.9. The minimum Gasteiger partial charge on any atom is -0.493 e. The smallest absolute Gasteiger partial charge is 0.165 e. The van der Waals surface area contributed by atoms with Gasteiger partial charge in [-0.3, -0.25) is 0 Å². The van der Waals surface area contributed by atoms with Crippen molar-refractivity contribution in [3.05, 3.63) is 53.2 Å². The molecule has 0 aliphatic heterocycles. The Bertz CT molecular complexity index is 694. The van der Waals surface area contributed by atoms with Gasteiger partial charge in [0.05, 0.1) is 12.6 Å². The first-order chi connectivity index (χ1) is 10.6. The SMILES string of the molecule is C=CSC(=C)CNCCc1cn(C)c2ccc(F)c(OC)c12. The van der Waals surface area contributed by atoms with Crippen LogP contribution in [0, 0.1) is 5.82 Å². The van der Waals surface area contributed by atoms with Crippen LogP contribution in [-0.4, -0.2) is 24.8 Å². The number of methoxy groups -OCH3 is 1. The van der Waals surface area contributed by atoms with E-state index in [4.69, 9.17) is 4.74 Å². The van der Waals surface area contributed by atoms with Crippen LogP contribution in [-0.2, 0) is 13.5 Å². The van der Waals surface area contributed by atoms with E-state index in [0.29, 0.717) is 5.75 Å². The van der Waals surface area contributed by atoms with Crippen molar-refractivity contribution >= 4 is 22.7 Å². The lowest BCUT2D eigenvalue weighted by Crippen LogP contribution is -2.18. The molecule has 2 rings (SSSR count). The zero-order valence-electron chi connectivity index (χ0n) is 13.0. The number of fused-ring (bicyclic) bond motifs is 1. The maximum Gasteiger partial charge on any atom is 0.165 e. The fourth-order valence-electron chi connectivity index (χ4n) is 2.52. The average Bonchev–Trinajstić information content (AvgIpc) is 2.80. The molecule has 0 amide bonds. The lowest BCUT2D eigenvalue weighted by Gasteiger charge is -2.08. The predicted octanol–water partition coefficient (Wildman–Crippen LogP) is 3.85. The Labute approximate surface area is 134 Å². The van der Waals surface area contributed by atoms with E-state index in [1.165, 1.54) is 24.9 Å². The summed E-state index contributed by atoms with van der Waals surface area (Å²) in [5.41, 5.74) is 2.04. The Morgan fingerprint density at radius 3 is 2.95 bits per heavy atom.